The molecule has 0 aliphatic heterocycles. The molecule has 0 fully saturated rings. The molecule has 2 rings (SSSR count). The predicted molar refractivity (Wildman–Crippen MR) is 83.6 cm³/mol. The number of nitrogens with one attached hydrogen (secondary N) is 1. The second-order valence-electron chi connectivity index (χ2n) is 5.22. The molecular weight excluding hydrogens is 248 g/mol. The zero-order chi connectivity index (χ0) is 14.7. The number of benzene rings is 1. The van der Waals surface area contributed by atoms with Gasteiger partial charge in [0, 0.05) is 35.8 Å². The van der Waals surface area contributed by atoms with Gasteiger partial charge in [-0.15, -0.1) is 0 Å². The van der Waals surface area contributed by atoms with Crippen LogP contribution in [0.3, 0.4) is 0 Å². The molecule has 0 amide bonds. The minimum absolute atomic E-state index is 0.100. The normalized spacial score (nSPS) is 10.8. The largest absolute Gasteiger partial charge is 0.321 e. The van der Waals surface area contributed by atoms with Crippen molar-refractivity contribution in [3.05, 3.63) is 63.1 Å². The molecule has 0 saturated carbocycles. The highest BCUT2D eigenvalue weighted by molar-refractivity contribution is 5.41. The van der Waals surface area contributed by atoms with Gasteiger partial charge in [-0.25, -0.2) is 0 Å². The first-order chi connectivity index (χ1) is 9.52. The van der Waals surface area contributed by atoms with Crippen LogP contribution in [0.25, 0.3) is 5.69 Å². The molecule has 3 heteroatoms. The van der Waals surface area contributed by atoms with E-state index in [1.165, 1.54) is 11.1 Å². The molecule has 20 heavy (non-hydrogen) atoms. The summed E-state index contributed by atoms with van der Waals surface area (Å²) in [5.74, 6) is 0. The molecule has 2 aromatic rings. The highest BCUT2D eigenvalue weighted by Crippen LogP contribution is 2.15. The van der Waals surface area contributed by atoms with Gasteiger partial charge in [-0.2, -0.15) is 0 Å². The quantitative estimate of drug-likeness (QED) is 0.927. The van der Waals surface area contributed by atoms with Gasteiger partial charge in [0.05, 0.1) is 0 Å². The monoisotopic (exact) mass is 270 g/mol. The third-order valence-corrected chi connectivity index (χ3v) is 3.66. The summed E-state index contributed by atoms with van der Waals surface area (Å²) in [6, 6.07) is 8.08. The summed E-state index contributed by atoms with van der Waals surface area (Å²) in [5.41, 5.74) is 5.50. The maximum absolute atomic E-state index is 12.0. The van der Waals surface area contributed by atoms with E-state index in [0.29, 0.717) is 6.54 Å². The van der Waals surface area contributed by atoms with Gasteiger partial charge in [0.25, 0.3) is 0 Å². The predicted octanol–water partition coefficient (Wildman–Crippen LogP) is 2.87. The topological polar surface area (TPSA) is 34.0 Å². The lowest BCUT2D eigenvalue weighted by Crippen LogP contribution is -2.21. The van der Waals surface area contributed by atoms with E-state index in [9.17, 15) is 4.79 Å². The van der Waals surface area contributed by atoms with Gasteiger partial charge >= 0.3 is 0 Å². The lowest BCUT2D eigenvalue weighted by atomic mass is 10.1. The summed E-state index contributed by atoms with van der Waals surface area (Å²) < 4.78 is 2.08. The Morgan fingerprint density at radius 3 is 2.50 bits per heavy atom. The van der Waals surface area contributed by atoms with Crippen molar-refractivity contribution in [1.29, 1.82) is 0 Å². The van der Waals surface area contributed by atoms with E-state index < -0.39 is 0 Å². The molecule has 0 aliphatic carbocycles. The Morgan fingerprint density at radius 1 is 1.10 bits per heavy atom. The molecule has 1 aromatic heterocycles. The van der Waals surface area contributed by atoms with E-state index >= 15 is 0 Å². The maximum atomic E-state index is 12.0. The molecule has 1 aromatic carbocycles. The van der Waals surface area contributed by atoms with E-state index in [0.717, 1.165) is 23.5 Å². The first-order valence-corrected chi connectivity index (χ1v) is 7.03. The van der Waals surface area contributed by atoms with Crippen molar-refractivity contribution in [3.63, 3.8) is 0 Å². The molecule has 0 radical (unpaired) electrons. The lowest BCUT2D eigenvalue weighted by molar-refractivity contribution is 0.716. The number of pyridine rings is 1. The van der Waals surface area contributed by atoms with Crippen LogP contribution in [0.4, 0.5) is 0 Å². The molecule has 0 bridgehead atoms. The van der Waals surface area contributed by atoms with Gasteiger partial charge in [0.1, 0.15) is 0 Å². The summed E-state index contributed by atoms with van der Waals surface area (Å²) >= 11 is 0. The highest BCUT2D eigenvalue weighted by Gasteiger charge is 2.06. The van der Waals surface area contributed by atoms with Crippen molar-refractivity contribution in [2.24, 2.45) is 0 Å². The molecule has 3 nitrogen and oxygen atoms in total. The fraction of sp³-hybridized carbons (Fsp3) is 0.353. The van der Waals surface area contributed by atoms with Crippen molar-refractivity contribution >= 4 is 0 Å². The molecule has 0 atom stereocenters. The summed E-state index contributed by atoms with van der Waals surface area (Å²) in [7, 11) is 0. The van der Waals surface area contributed by atoms with Gasteiger partial charge in [0.15, 0.2) is 5.43 Å². The lowest BCUT2D eigenvalue weighted by Gasteiger charge is -2.14. The minimum Gasteiger partial charge on any atom is -0.321 e. The molecule has 1 N–H and O–H groups in total. The van der Waals surface area contributed by atoms with Crippen LogP contribution in [-0.2, 0) is 6.54 Å². The van der Waals surface area contributed by atoms with Crippen molar-refractivity contribution < 1.29 is 0 Å². The van der Waals surface area contributed by atoms with Crippen LogP contribution in [0, 0.1) is 20.8 Å². The average Bonchev–Trinajstić information content (AvgIpc) is 2.41. The maximum Gasteiger partial charge on any atom is 0.186 e. The number of hydrogen-bond acceptors (Lipinski definition) is 2. The summed E-state index contributed by atoms with van der Waals surface area (Å²) in [6.07, 6.45) is 1.95. The Bertz CT molecular complexity index is 671. The van der Waals surface area contributed by atoms with Gasteiger partial charge in [-0.05, 0) is 50.6 Å². The number of rotatable bonds is 4. The van der Waals surface area contributed by atoms with Crippen molar-refractivity contribution in [1.82, 2.24) is 9.88 Å². The number of nitrogens with zero attached hydrogens (tertiary/aromatic N) is 1. The Labute approximate surface area is 120 Å². The van der Waals surface area contributed by atoms with Gasteiger partial charge < -0.3 is 9.88 Å². The van der Waals surface area contributed by atoms with Crippen molar-refractivity contribution in [3.8, 4) is 5.69 Å². The van der Waals surface area contributed by atoms with Gasteiger partial charge in [-0.1, -0.05) is 13.0 Å². The first-order valence-electron chi connectivity index (χ1n) is 7.03. The van der Waals surface area contributed by atoms with E-state index in [-0.39, 0.29) is 5.43 Å². The SMILES string of the molecule is CCNCc1cn(-c2ccc(C)c(C)c2)c(C)cc1=O. The van der Waals surface area contributed by atoms with Crippen LogP contribution in [-0.4, -0.2) is 11.1 Å². The molecular formula is C17H22N2O. The average molecular weight is 270 g/mol. The number of hydrogen-bond donors (Lipinski definition) is 1. The Kier molecular flexibility index (Phi) is 4.40. The van der Waals surface area contributed by atoms with Crippen LogP contribution in [0.15, 0.2) is 35.3 Å². The van der Waals surface area contributed by atoms with Gasteiger partial charge in [-0.3, -0.25) is 4.79 Å². The summed E-state index contributed by atoms with van der Waals surface area (Å²) in [5, 5.41) is 3.21. The van der Waals surface area contributed by atoms with Crippen molar-refractivity contribution in [2.75, 3.05) is 6.54 Å². The zero-order valence-corrected chi connectivity index (χ0v) is 12.7. The Hall–Kier alpha value is -1.87. The van der Waals surface area contributed by atoms with Crippen LogP contribution in [0.2, 0.25) is 0 Å². The fourth-order valence-corrected chi connectivity index (χ4v) is 2.22. The van der Waals surface area contributed by atoms with Crippen LogP contribution < -0.4 is 10.7 Å². The smallest absolute Gasteiger partial charge is 0.186 e. The summed E-state index contributed by atoms with van der Waals surface area (Å²) in [4.78, 5) is 12.0. The van der Waals surface area contributed by atoms with E-state index in [1.54, 1.807) is 6.07 Å². The first kappa shape index (κ1) is 14.5. The standard InChI is InChI=1S/C17H22N2O/c1-5-18-10-15-11-19(14(4)9-17(15)20)16-7-6-12(2)13(3)8-16/h6-9,11,18H,5,10H2,1-4H3. The van der Waals surface area contributed by atoms with E-state index in [1.807, 2.05) is 20.0 Å². The Balaban J connectivity index is 2.49. The third-order valence-electron chi connectivity index (χ3n) is 3.66. The van der Waals surface area contributed by atoms with Crippen LogP contribution in [0.1, 0.15) is 29.3 Å². The molecule has 0 aliphatic rings. The zero-order valence-electron chi connectivity index (χ0n) is 12.7. The van der Waals surface area contributed by atoms with Crippen LogP contribution >= 0.6 is 0 Å². The van der Waals surface area contributed by atoms with E-state index in [2.05, 4.69) is 41.9 Å². The second-order valence-corrected chi connectivity index (χ2v) is 5.22. The Morgan fingerprint density at radius 2 is 1.85 bits per heavy atom. The third kappa shape index (κ3) is 2.99. The number of aryl methyl sites for hydroxylation is 3. The number of aromatic nitrogens is 1. The highest BCUT2D eigenvalue weighted by atomic mass is 16.1. The van der Waals surface area contributed by atoms with Crippen molar-refractivity contribution in [2.45, 2.75) is 34.2 Å². The van der Waals surface area contributed by atoms with E-state index in [4.69, 9.17) is 0 Å². The molecule has 0 spiro atoms. The molecule has 1 heterocycles. The minimum atomic E-state index is 0.100. The van der Waals surface area contributed by atoms with Gasteiger partial charge in [0.2, 0.25) is 0 Å². The van der Waals surface area contributed by atoms with Crippen LogP contribution in [0.5, 0.6) is 0 Å². The second kappa shape index (κ2) is 6.06. The summed E-state index contributed by atoms with van der Waals surface area (Å²) in [6.45, 7) is 9.69. The fourth-order valence-electron chi connectivity index (χ4n) is 2.22. The molecule has 106 valence electrons. The molecule has 0 saturated heterocycles. The molecule has 0 unspecified atom stereocenters.